The summed E-state index contributed by atoms with van der Waals surface area (Å²) in [4.78, 5) is 21.7. The first-order chi connectivity index (χ1) is 8.11. The second-order valence-corrected chi connectivity index (χ2v) is 4.59. The fraction of sp³-hybridized carbons (Fsp3) is 0.545. The molecule has 1 amide bonds. The smallest absolute Gasteiger partial charge is 0.273 e. The van der Waals surface area contributed by atoms with Gasteiger partial charge in [0.15, 0.2) is 5.82 Å². The number of hydrazine groups is 1. The van der Waals surface area contributed by atoms with Crippen LogP contribution in [-0.2, 0) is 0 Å². The second-order valence-electron chi connectivity index (χ2n) is 4.59. The average molecular weight is 235 g/mol. The van der Waals surface area contributed by atoms with Gasteiger partial charge in [0.05, 0.1) is 12.4 Å². The first-order valence-corrected chi connectivity index (χ1v) is 5.66. The number of nitrogens with zero attached hydrogens (tertiary/aromatic N) is 3. The summed E-state index contributed by atoms with van der Waals surface area (Å²) in [5.41, 5.74) is 2.72. The highest BCUT2D eigenvalue weighted by atomic mass is 16.2. The van der Waals surface area contributed by atoms with Crippen molar-refractivity contribution >= 4 is 11.7 Å². The van der Waals surface area contributed by atoms with Crippen LogP contribution in [0.4, 0.5) is 5.82 Å². The Bertz CT molecular complexity index is 405. The minimum Gasteiger partial charge on any atom is -0.340 e. The predicted octanol–water partition coefficient (Wildman–Crippen LogP) is 0.490. The van der Waals surface area contributed by atoms with Crippen LogP contribution in [0.25, 0.3) is 0 Å². The van der Waals surface area contributed by atoms with Crippen molar-refractivity contribution in [1.29, 1.82) is 0 Å². The van der Waals surface area contributed by atoms with Crippen molar-refractivity contribution in [3.05, 3.63) is 18.1 Å². The van der Waals surface area contributed by atoms with Crippen molar-refractivity contribution in [3.8, 4) is 0 Å². The Morgan fingerprint density at radius 2 is 2.29 bits per heavy atom. The zero-order chi connectivity index (χ0) is 12.4. The molecular formula is C11H17N5O. The average Bonchev–Trinajstić information content (AvgIpc) is 3.04. The molecule has 3 N–H and O–H groups in total. The SMILES string of the molecule is CC1CC1CN(C)C(=O)c1cnc(NN)cn1. The number of rotatable bonds is 4. The van der Waals surface area contributed by atoms with Crippen molar-refractivity contribution in [1.82, 2.24) is 14.9 Å². The predicted molar refractivity (Wildman–Crippen MR) is 64.1 cm³/mol. The number of nitrogens with two attached hydrogens (primary N) is 1. The van der Waals surface area contributed by atoms with E-state index in [1.165, 1.54) is 18.8 Å². The van der Waals surface area contributed by atoms with E-state index in [1.807, 2.05) is 0 Å². The summed E-state index contributed by atoms with van der Waals surface area (Å²) in [5.74, 6) is 6.90. The van der Waals surface area contributed by atoms with E-state index >= 15 is 0 Å². The molecule has 6 nitrogen and oxygen atoms in total. The molecule has 1 aliphatic rings. The van der Waals surface area contributed by atoms with Gasteiger partial charge in [-0.25, -0.2) is 15.8 Å². The number of anilines is 1. The largest absolute Gasteiger partial charge is 0.340 e. The summed E-state index contributed by atoms with van der Waals surface area (Å²) in [5, 5.41) is 0. The summed E-state index contributed by atoms with van der Waals surface area (Å²) < 4.78 is 0. The van der Waals surface area contributed by atoms with E-state index in [2.05, 4.69) is 22.3 Å². The van der Waals surface area contributed by atoms with Crippen molar-refractivity contribution in [3.63, 3.8) is 0 Å². The highest BCUT2D eigenvalue weighted by molar-refractivity contribution is 5.91. The Hall–Kier alpha value is -1.69. The zero-order valence-corrected chi connectivity index (χ0v) is 10.1. The number of nitrogens with one attached hydrogen (secondary N) is 1. The number of nitrogen functional groups attached to an aromatic ring is 1. The molecular weight excluding hydrogens is 218 g/mol. The molecule has 0 bridgehead atoms. The molecule has 2 atom stereocenters. The molecule has 1 aliphatic carbocycles. The van der Waals surface area contributed by atoms with Crippen molar-refractivity contribution < 1.29 is 4.79 Å². The van der Waals surface area contributed by atoms with Crippen molar-refractivity contribution in [2.75, 3.05) is 19.0 Å². The summed E-state index contributed by atoms with van der Waals surface area (Å²) in [6.45, 7) is 2.99. The Morgan fingerprint density at radius 1 is 1.59 bits per heavy atom. The van der Waals surface area contributed by atoms with Crippen LogP contribution >= 0.6 is 0 Å². The molecule has 1 aromatic rings. The molecule has 6 heteroatoms. The number of carbonyl (C=O) groups excluding carboxylic acids is 1. The lowest BCUT2D eigenvalue weighted by molar-refractivity contribution is 0.0781. The molecule has 1 saturated carbocycles. The Labute approximate surface area is 100 Å². The number of aromatic nitrogens is 2. The van der Waals surface area contributed by atoms with Crippen LogP contribution in [0.3, 0.4) is 0 Å². The van der Waals surface area contributed by atoms with E-state index in [1.54, 1.807) is 11.9 Å². The monoisotopic (exact) mass is 235 g/mol. The van der Waals surface area contributed by atoms with Crippen LogP contribution in [0.1, 0.15) is 23.8 Å². The Balaban J connectivity index is 1.97. The molecule has 17 heavy (non-hydrogen) atoms. The standard InChI is InChI=1S/C11H17N5O/c1-7-3-8(7)6-16(2)11(17)9-4-14-10(15-12)5-13-9/h4-5,7-8H,3,6,12H2,1-2H3,(H,14,15). The number of hydrogen-bond acceptors (Lipinski definition) is 5. The minimum atomic E-state index is -0.0971. The maximum Gasteiger partial charge on any atom is 0.273 e. The molecule has 2 unspecified atom stereocenters. The fourth-order valence-electron chi connectivity index (χ4n) is 1.80. The van der Waals surface area contributed by atoms with Crippen LogP contribution in [0, 0.1) is 11.8 Å². The van der Waals surface area contributed by atoms with Gasteiger partial charge in [0.25, 0.3) is 5.91 Å². The number of hydrogen-bond donors (Lipinski definition) is 2. The quantitative estimate of drug-likeness (QED) is 0.586. The third kappa shape index (κ3) is 2.71. The highest BCUT2D eigenvalue weighted by Gasteiger charge is 2.34. The van der Waals surface area contributed by atoms with Gasteiger partial charge in [-0.15, -0.1) is 0 Å². The lowest BCUT2D eigenvalue weighted by atomic mass is 10.3. The van der Waals surface area contributed by atoms with E-state index in [0.717, 1.165) is 12.5 Å². The number of carbonyl (C=O) groups is 1. The maximum atomic E-state index is 12.0. The van der Waals surface area contributed by atoms with Gasteiger partial charge in [0, 0.05) is 13.6 Å². The van der Waals surface area contributed by atoms with E-state index in [0.29, 0.717) is 17.4 Å². The Kier molecular flexibility index (Phi) is 3.23. The molecule has 1 heterocycles. The topological polar surface area (TPSA) is 84.1 Å². The molecule has 0 aliphatic heterocycles. The molecule has 2 rings (SSSR count). The third-order valence-corrected chi connectivity index (χ3v) is 3.15. The zero-order valence-electron chi connectivity index (χ0n) is 10.1. The van der Waals surface area contributed by atoms with Crippen LogP contribution in [0.2, 0.25) is 0 Å². The maximum absolute atomic E-state index is 12.0. The highest BCUT2D eigenvalue weighted by Crippen LogP contribution is 2.38. The lowest BCUT2D eigenvalue weighted by Crippen LogP contribution is -2.30. The van der Waals surface area contributed by atoms with Crippen LogP contribution in [0.15, 0.2) is 12.4 Å². The van der Waals surface area contributed by atoms with Crippen LogP contribution in [0.5, 0.6) is 0 Å². The van der Waals surface area contributed by atoms with Gasteiger partial charge in [0.1, 0.15) is 5.69 Å². The van der Waals surface area contributed by atoms with Gasteiger partial charge >= 0.3 is 0 Å². The molecule has 0 saturated heterocycles. The molecule has 1 fully saturated rings. The lowest BCUT2D eigenvalue weighted by Gasteiger charge is -2.16. The second kappa shape index (κ2) is 4.67. The third-order valence-electron chi connectivity index (χ3n) is 3.15. The van der Waals surface area contributed by atoms with Gasteiger partial charge in [-0.3, -0.25) is 4.79 Å². The van der Waals surface area contributed by atoms with Gasteiger partial charge in [-0.1, -0.05) is 6.92 Å². The molecule has 92 valence electrons. The molecule has 0 radical (unpaired) electrons. The van der Waals surface area contributed by atoms with Crippen LogP contribution < -0.4 is 11.3 Å². The van der Waals surface area contributed by atoms with Crippen molar-refractivity contribution in [2.45, 2.75) is 13.3 Å². The van der Waals surface area contributed by atoms with E-state index in [4.69, 9.17) is 5.84 Å². The van der Waals surface area contributed by atoms with E-state index in [-0.39, 0.29) is 5.91 Å². The molecule has 0 aromatic carbocycles. The van der Waals surface area contributed by atoms with Crippen molar-refractivity contribution in [2.24, 2.45) is 17.7 Å². The summed E-state index contributed by atoms with van der Waals surface area (Å²) in [6, 6.07) is 0. The van der Waals surface area contributed by atoms with E-state index < -0.39 is 0 Å². The first kappa shape index (κ1) is 11.8. The normalized spacial score (nSPS) is 22.1. The summed E-state index contributed by atoms with van der Waals surface area (Å²) in [6.07, 6.45) is 4.09. The van der Waals surface area contributed by atoms with Crippen LogP contribution in [-0.4, -0.2) is 34.4 Å². The molecule has 1 aromatic heterocycles. The number of amides is 1. The van der Waals surface area contributed by atoms with Gasteiger partial charge in [-0.2, -0.15) is 0 Å². The Morgan fingerprint density at radius 3 is 2.76 bits per heavy atom. The summed E-state index contributed by atoms with van der Waals surface area (Å²) in [7, 11) is 1.80. The van der Waals surface area contributed by atoms with E-state index in [9.17, 15) is 4.79 Å². The van der Waals surface area contributed by atoms with Gasteiger partial charge < -0.3 is 10.3 Å². The van der Waals surface area contributed by atoms with Gasteiger partial charge in [0.2, 0.25) is 0 Å². The summed E-state index contributed by atoms with van der Waals surface area (Å²) >= 11 is 0. The van der Waals surface area contributed by atoms with Gasteiger partial charge in [-0.05, 0) is 18.3 Å². The molecule has 0 spiro atoms. The minimum absolute atomic E-state index is 0.0971. The first-order valence-electron chi connectivity index (χ1n) is 5.66. The fourth-order valence-corrected chi connectivity index (χ4v) is 1.80.